The first-order valence-corrected chi connectivity index (χ1v) is 9.73. The van der Waals surface area contributed by atoms with Gasteiger partial charge in [0.2, 0.25) is 5.91 Å². The highest BCUT2D eigenvalue weighted by Gasteiger charge is 2.24. The van der Waals surface area contributed by atoms with Crippen molar-refractivity contribution in [2.24, 2.45) is 7.05 Å². The third kappa shape index (κ3) is 3.76. The molecule has 150 valence electrons. The number of fused-ring (bicyclic) bond motifs is 2. The van der Waals surface area contributed by atoms with Crippen molar-refractivity contribution in [3.8, 4) is 5.75 Å². The Kier molecular flexibility index (Phi) is 5.11. The third-order valence-corrected chi connectivity index (χ3v) is 5.55. The second-order valence-electron chi connectivity index (χ2n) is 7.57. The highest BCUT2D eigenvalue weighted by atomic mass is 16.5. The monoisotopic (exact) mass is 391 g/mol. The molecule has 0 aliphatic carbocycles. The number of methoxy groups -OCH3 is 1. The van der Waals surface area contributed by atoms with E-state index in [0.29, 0.717) is 18.0 Å². The number of pyridine rings is 1. The number of carbonyl (C=O) groups is 1. The van der Waals surface area contributed by atoms with Crippen LogP contribution in [0.4, 0.5) is 5.69 Å². The number of nitrogens with zero attached hydrogens (tertiary/aromatic N) is 2. The van der Waals surface area contributed by atoms with Crippen LogP contribution < -0.4 is 15.5 Å². The van der Waals surface area contributed by atoms with Gasteiger partial charge >= 0.3 is 0 Å². The summed E-state index contributed by atoms with van der Waals surface area (Å²) in [5.74, 6) is 0.593. The average molecular weight is 391 g/mol. The number of anilines is 1. The van der Waals surface area contributed by atoms with E-state index in [1.54, 1.807) is 13.2 Å². The van der Waals surface area contributed by atoms with Crippen LogP contribution in [0, 0.1) is 6.92 Å². The Balaban J connectivity index is 1.54. The predicted molar refractivity (Wildman–Crippen MR) is 115 cm³/mol. The second-order valence-corrected chi connectivity index (χ2v) is 7.57. The van der Waals surface area contributed by atoms with E-state index in [0.717, 1.165) is 40.7 Å². The molecular weight excluding hydrogens is 366 g/mol. The van der Waals surface area contributed by atoms with Crippen molar-refractivity contribution in [1.29, 1.82) is 0 Å². The molecule has 6 nitrogen and oxygen atoms in total. The lowest BCUT2D eigenvalue weighted by Gasteiger charge is -2.29. The SMILES string of the molecule is COc1cccc(NC(=O)CN2CCc3c(c(=O)c4cc(C)ccc4n3C)C2)c1. The van der Waals surface area contributed by atoms with Crippen molar-refractivity contribution >= 4 is 22.5 Å². The summed E-state index contributed by atoms with van der Waals surface area (Å²) in [5.41, 5.74) is 4.67. The van der Waals surface area contributed by atoms with Crippen LogP contribution in [0.3, 0.4) is 0 Å². The van der Waals surface area contributed by atoms with Gasteiger partial charge in [-0.2, -0.15) is 0 Å². The summed E-state index contributed by atoms with van der Waals surface area (Å²) >= 11 is 0. The minimum atomic E-state index is -0.102. The Morgan fingerprint density at radius 1 is 1.21 bits per heavy atom. The van der Waals surface area contributed by atoms with Crippen molar-refractivity contribution in [1.82, 2.24) is 9.47 Å². The normalized spacial score (nSPS) is 13.9. The molecule has 2 aromatic carbocycles. The quantitative estimate of drug-likeness (QED) is 0.743. The van der Waals surface area contributed by atoms with Crippen molar-refractivity contribution in [3.05, 3.63) is 69.5 Å². The number of aromatic nitrogens is 1. The molecule has 0 fully saturated rings. The number of rotatable bonds is 4. The summed E-state index contributed by atoms with van der Waals surface area (Å²) in [6.45, 7) is 3.46. The van der Waals surface area contributed by atoms with Crippen LogP contribution in [0.25, 0.3) is 10.9 Å². The lowest BCUT2D eigenvalue weighted by Crippen LogP contribution is -2.40. The minimum absolute atomic E-state index is 0.0784. The second kappa shape index (κ2) is 7.72. The molecule has 0 saturated carbocycles. The van der Waals surface area contributed by atoms with Gasteiger partial charge in [-0.25, -0.2) is 0 Å². The molecule has 3 aromatic rings. The standard InChI is InChI=1S/C23H25N3O3/c1-15-7-8-20-18(11-15)23(28)19-13-26(10-9-21(19)25(20)2)14-22(27)24-16-5-4-6-17(12-16)29-3/h4-8,11-12H,9-10,13-14H2,1-3H3,(H,24,27). The van der Waals surface area contributed by atoms with E-state index < -0.39 is 0 Å². The predicted octanol–water partition coefficient (Wildman–Crippen LogP) is 2.85. The van der Waals surface area contributed by atoms with E-state index >= 15 is 0 Å². The van der Waals surface area contributed by atoms with Gasteiger partial charge in [-0.05, 0) is 31.2 Å². The summed E-state index contributed by atoms with van der Waals surface area (Å²) in [6, 6.07) is 13.3. The molecule has 0 unspecified atom stereocenters. The first-order chi connectivity index (χ1) is 14.0. The van der Waals surface area contributed by atoms with Gasteiger partial charge in [-0.3, -0.25) is 14.5 Å². The highest BCUT2D eigenvalue weighted by molar-refractivity contribution is 5.92. The van der Waals surface area contributed by atoms with Crippen LogP contribution in [0.1, 0.15) is 16.8 Å². The zero-order chi connectivity index (χ0) is 20.5. The molecule has 0 saturated heterocycles. The summed E-state index contributed by atoms with van der Waals surface area (Å²) in [7, 11) is 3.61. The summed E-state index contributed by atoms with van der Waals surface area (Å²) < 4.78 is 7.32. The molecule has 0 spiro atoms. The van der Waals surface area contributed by atoms with Gasteiger partial charge in [0.15, 0.2) is 5.43 Å². The molecule has 1 aromatic heterocycles. The maximum atomic E-state index is 13.1. The number of amides is 1. The number of carbonyl (C=O) groups excluding carboxylic acids is 1. The fourth-order valence-electron chi connectivity index (χ4n) is 4.05. The highest BCUT2D eigenvalue weighted by Crippen LogP contribution is 2.22. The topological polar surface area (TPSA) is 63.6 Å². The first-order valence-electron chi connectivity index (χ1n) is 9.73. The maximum Gasteiger partial charge on any atom is 0.238 e. The van der Waals surface area contributed by atoms with Crippen LogP contribution in [0.5, 0.6) is 5.75 Å². The zero-order valence-corrected chi connectivity index (χ0v) is 17.0. The molecule has 29 heavy (non-hydrogen) atoms. The number of nitrogens with one attached hydrogen (secondary N) is 1. The molecule has 0 radical (unpaired) electrons. The van der Waals surface area contributed by atoms with Crippen LogP contribution in [-0.4, -0.2) is 35.6 Å². The van der Waals surface area contributed by atoms with E-state index in [9.17, 15) is 9.59 Å². The van der Waals surface area contributed by atoms with Crippen LogP contribution in [0.15, 0.2) is 47.3 Å². The van der Waals surface area contributed by atoms with Crippen molar-refractivity contribution < 1.29 is 9.53 Å². The molecule has 1 aliphatic rings. The smallest absolute Gasteiger partial charge is 0.238 e. The van der Waals surface area contributed by atoms with Gasteiger partial charge in [0.1, 0.15) is 5.75 Å². The summed E-state index contributed by atoms with van der Waals surface area (Å²) in [5, 5.41) is 3.65. The molecular formula is C23H25N3O3. The molecule has 4 rings (SSSR count). The number of ether oxygens (including phenoxy) is 1. The van der Waals surface area contributed by atoms with E-state index in [4.69, 9.17) is 4.74 Å². The molecule has 1 aliphatic heterocycles. The molecule has 0 bridgehead atoms. The zero-order valence-electron chi connectivity index (χ0n) is 17.0. The molecule has 6 heteroatoms. The van der Waals surface area contributed by atoms with Gasteiger partial charge in [0, 0.05) is 55.0 Å². The third-order valence-electron chi connectivity index (χ3n) is 5.55. The minimum Gasteiger partial charge on any atom is -0.497 e. The number of hydrogen-bond acceptors (Lipinski definition) is 4. The Bertz CT molecular complexity index is 1150. The number of hydrogen-bond donors (Lipinski definition) is 1. The van der Waals surface area contributed by atoms with Crippen LogP contribution in [-0.2, 0) is 24.8 Å². The fraction of sp³-hybridized carbons (Fsp3) is 0.304. The van der Waals surface area contributed by atoms with E-state index in [2.05, 4.69) is 9.88 Å². The average Bonchev–Trinajstić information content (AvgIpc) is 2.72. The van der Waals surface area contributed by atoms with Crippen LogP contribution in [0.2, 0.25) is 0 Å². The Labute approximate surface area is 169 Å². The van der Waals surface area contributed by atoms with Gasteiger partial charge in [-0.1, -0.05) is 17.7 Å². The Morgan fingerprint density at radius 3 is 2.83 bits per heavy atom. The van der Waals surface area contributed by atoms with Crippen LogP contribution >= 0.6 is 0 Å². The van der Waals surface area contributed by atoms with Gasteiger partial charge < -0.3 is 14.6 Å². The van der Waals surface area contributed by atoms with Gasteiger partial charge in [0.05, 0.1) is 19.2 Å². The Morgan fingerprint density at radius 2 is 2.03 bits per heavy atom. The lowest BCUT2D eigenvalue weighted by molar-refractivity contribution is -0.117. The maximum absolute atomic E-state index is 13.1. The summed E-state index contributed by atoms with van der Waals surface area (Å²) in [4.78, 5) is 27.7. The number of benzene rings is 2. The van der Waals surface area contributed by atoms with E-state index in [1.807, 2.05) is 55.3 Å². The molecule has 1 amide bonds. The van der Waals surface area contributed by atoms with E-state index in [-0.39, 0.29) is 17.9 Å². The largest absolute Gasteiger partial charge is 0.497 e. The van der Waals surface area contributed by atoms with Crippen molar-refractivity contribution in [3.63, 3.8) is 0 Å². The van der Waals surface area contributed by atoms with Crippen molar-refractivity contribution in [2.45, 2.75) is 19.9 Å². The Hall–Kier alpha value is -3.12. The van der Waals surface area contributed by atoms with E-state index in [1.165, 1.54) is 0 Å². The summed E-state index contributed by atoms with van der Waals surface area (Å²) in [6.07, 6.45) is 0.747. The first kappa shape index (κ1) is 19.2. The molecule has 0 atom stereocenters. The van der Waals surface area contributed by atoms with Gasteiger partial charge in [0.25, 0.3) is 0 Å². The fourth-order valence-corrected chi connectivity index (χ4v) is 4.05. The van der Waals surface area contributed by atoms with Gasteiger partial charge in [-0.15, -0.1) is 0 Å². The van der Waals surface area contributed by atoms with Crippen molar-refractivity contribution in [2.75, 3.05) is 25.5 Å². The lowest BCUT2D eigenvalue weighted by atomic mass is 10.0. The number of aryl methyl sites for hydroxylation is 2. The molecule has 2 heterocycles. The molecule has 1 N–H and O–H groups in total.